The first-order chi connectivity index (χ1) is 10.9. The average molecular weight is 266 g/mol. The second-order valence-corrected chi connectivity index (χ2v) is 4.87. The van der Waals surface area contributed by atoms with Crippen LogP contribution in [-0.2, 0) is 0 Å². The van der Waals surface area contributed by atoms with Gasteiger partial charge in [0.15, 0.2) is 0 Å². The number of hydrogen-bond acceptors (Lipinski definition) is 2. The van der Waals surface area contributed by atoms with Gasteiger partial charge in [0, 0.05) is 21.6 Å². The number of rotatable bonds is 2. The zero-order valence-corrected chi connectivity index (χ0v) is 11.4. The van der Waals surface area contributed by atoms with E-state index in [1.54, 1.807) is 18.3 Å². The molecule has 0 aliphatic carbocycles. The van der Waals surface area contributed by atoms with Crippen molar-refractivity contribution >= 4 is 0 Å². The molecule has 20 heavy (non-hydrogen) atoms. The lowest BCUT2D eigenvalue weighted by atomic mass is 9.98. The Hall–Kier alpha value is -2.42. The summed E-state index contributed by atoms with van der Waals surface area (Å²) >= 11 is 0. The van der Waals surface area contributed by atoms with Crippen molar-refractivity contribution in [1.82, 2.24) is 15.2 Å². The molecule has 0 bridgehead atoms. The van der Waals surface area contributed by atoms with E-state index in [4.69, 9.17) is 4.11 Å². The Morgan fingerprint density at radius 1 is 1.00 bits per heavy atom. The summed E-state index contributed by atoms with van der Waals surface area (Å²) < 4.78 is 23.1. The van der Waals surface area contributed by atoms with Crippen molar-refractivity contribution in [3.8, 4) is 22.5 Å². The lowest BCUT2D eigenvalue weighted by molar-refractivity contribution is 1.04. The minimum Gasteiger partial charge on any atom is -0.282 e. The number of aromatic nitrogens is 3. The standard InChI is InChI=1S/C17H17N3/c1-11-6-4-5-7-14(11)15-10-18-16(8-12(15)2)17-9-13(3)19-20-17/h4-10H,1-3H3,(H,19,20)/i1D3. The van der Waals surface area contributed by atoms with E-state index in [0.717, 1.165) is 28.2 Å². The SMILES string of the molecule is [2H]C([2H])([2H])c1ccccc1-c1cnc(-c2cc(C)[nH]n2)cc1C. The average Bonchev–Trinajstić information content (AvgIpc) is 2.93. The molecule has 0 saturated heterocycles. The smallest absolute Gasteiger partial charge is 0.111 e. The normalized spacial score (nSPS) is 13.6. The van der Waals surface area contributed by atoms with Gasteiger partial charge in [-0.1, -0.05) is 24.3 Å². The van der Waals surface area contributed by atoms with E-state index < -0.39 is 6.85 Å². The van der Waals surface area contributed by atoms with Gasteiger partial charge in [-0.3, -0.25) is 10.1 Å². The van der Waals surface area contributed by atoms with E-state index in [1.165, 1.54) is 0 Å². The molecule has 0 aliphatic rings. The number of aromatic amines is 1. The summed E-state index contributed by atoms with van der Waals surface area (Å²) in [6.07, 6.45) is 1.72. The third-order valence-electron chi connectivity index (χ3n) is 3.30. The van der Waals surface area contributed by atoms with Crippen LogP contribution in [0.4, 0.5) is 0 Å². The first kappa shape index (κ1) is 9.48. The van der Waals surface area contributed by atoms with E-state index in [0.29, 0.717) is 11.1 Å². The molecule has 0 spiro atoms. The van der Waals surface area contributed by atoms with Crippen LogP contribution in [0.15, 0.2) is 42.6 Å². The van der Waals surface area contributed by atoms with E-state index in [1.807, 2.05) is 38.1 Å². The Morgan fingerprint density at radius 3 is 2.55 bits per heavy atom. The maximum Gasteiger partial charge on any atom is 0.111 e. The molecule has 1 aromatic carbocycles. The van der Waals surface area contributed by atoms with Crippen molar-refractivity contribution in [3.63, 3.8) is 0 Å². The molecule has 100 valence electrons. The number of pyridine rings is 1. The topological polar surface area (TPSA) is 41.6 Å². The zero-order chi connectivity index (χ0) is 16.6. The molecule has 3 rings (SSSR count). The van der Waals surface area contributed by atoms with Crippen LogP contribution in [0.1, 0.15) is 20.9 Å². The monoisotopic (exact) mass is 266 g/mol. The highest BCUT2D eigenvalue weighted by Crippen LogP contribution is 2.28. The third kappa shape index (κ3) is 2.23. The fourth-order valence-corrected chi connectivity index (χ4v) is 2.25. The highest BCUT2D eigenvalue weighted by Gasteiger charge is 2.09. The van der Waals surface area contributed by atoms with Crippen LogP contribution in [0.5, 0.6) is 0 Å². The predicted octanol–water partition coefficient (Wildman–Crippen LogP) is 4.06. The van der Waals surface area contributed by atoms with Crippen molar-refractivity contribution in [2.75, 3.05) is 0 Å². The van der Waals surface area contributed by atoms with Gasteiger partial charge in [-0.2, -0.15) is 5.10 Å². The molecule has 0 aliphatic heterocycles. The van der Waals surface area contributed by atoms with Gasteiger partial charge in [0.1, 0.15) is 5.69 Å². The van der Waals surface area contributed by atoms with Crippen LogP contribution in [-0.4, -0.2) is 15.2 Å². The molecule has 0 unspecified atom stereocenters. The molecule has 0 fully saturated rings. The van der Waals surface area contributed by atoms with Crippen LogP contribution >= 0.6 is 0 Å². The van der Waals surface area contributed by atoms with Gasteiger partial charge >= 0.3 is 0 Å². The van der Waals surface area contributed by atoms with Gasteiger partial charge in [0.05, 0.1) is 5.69 Å². The summed E-state index contributed by atoms with van der Waals surface area (Å²) in [5, 5.41) is 7.11. The van der Waals surface area contributed by atoms with Crippen LogP contribution < -0.4 is 0 Å². The van der Waals surface area contributed by atoms with Gasteiger partial charge in [-0.15, -0.1) is 0 Å². The van der Waals surface area contributed by atoms with E-state index in [-0.39, 0.29) is 0 Å². The number of nitrogens with zero attached hydrogens (tertiary/aromatic N) is 2. The van der Waals surface area contributed by atoms with Gasteiger partial charge in [-0.05, 0) is 49.5 Å². The molecule has 3 nitrogen and oxygen atoms in total. The summed E-state index contributed by atoms with van der Waals surface area (Å²) in [7, 11) is 0. The van der Waals surface area contributed by atoms with Crippen molar-refractivity contribution in [3.05, 3.63) is 59.4 Å². The molecule has 3 aromatic rings. The number of hydrogen-bond donors (Lipinski definition) is 1. The molecule has 0 atom stereocenters. The second-order valence-electron chi connectivity index (χ2n) is 4.87. The van der Waals surface area contributed by atoms with E-state index in [9.17, 15) is 0 Å². The Labute approximate surface area is 122 Å². The highest BCUT2D eigenvalue weighted by atomic mass is 15.1. The van der Waals surface area contributed by atoms with Gasteiger partial charge in [0.25, 0.3) is 0 Å². The van der Waals surface area contributed by atoms with Crippen LogP contribution in [0, 0.1) is 20.7 Å². The van der Waals surface area contributed by atoms with Gasteiger partial charge in [-0.25, -0.2) is 0 Å². The van der Waals surface area contributed by atoms with Gasteiger partial charge < -0.3 is 0 Å². The Balaban J connectivity index is 2.09. The fourth-order valence-electron chi connectivity index (χ4n) is 2.25. The number of benzene rings is 1. The minimum atomic E-state index is -2.15. The molecule has 0 radical (unpaired) electrons. The number of H-pyrrole nitrogens is 1. The van der Waals surface area contributed by atoms with Crippen molar-refractivity contribution in [2.45, 2.75) is 20.7 Å². The second kappa shape index (κ2) is 4.93. The molecule has 1 N–H and O–H groups in total. The first-order valence-electron chi connectivity index (χ1n) is 7.95. The van der Waals surface area contributed by atoms with E-state index in [2.05, 4.69) is 15.2 Å². The fraction of sp³-hybridized carbons (Fsp3) is 0.176. The molecule has 0 saturated carbocycles. The molecule has 2 aromatic heterocycles. The van der Waals surface area contributed by atoms with Crippen LogP contribution in [0.25, 0.3) is 22.5 Å². The lowest BCUT2D eigenvalue weighted by Gasteiger charge is -2.09. The summed E-state index contributed by atoms with van der Waals surface area (Å²) in [6.45, 7) is 1.74. The van der Waals surface area contributed by atoms with Crippen molar-refractivity contribution in [1.29, 1.82) is 0 Å². The van der Waals surface area contributed by atoms with Crippen LogP contribution in [0.3, 0.4) is 0 Å². The third-order valence-corrected chi connectivity index (χ3v) is 3.30. The van der Waals surface area contributed by atoms with Gasteiger partial charge in [0.2, 0.25) is 0 Å². The molecular formula is C17H17N3. The summed E-state index contributed by atoms with van der Waals surface area (Å²) in [5.74, 6) is 0. The first-order valence-corrected chi connectivity index (χ1v) is 6.45. The minimum absolute atomic E-state index is 0.341. The molecule has 0 amide bonds. The Kier molecular flexibility index (Phi) is 2.34. The maximum atomic E-state index is 7.71. The predicted molar refractivity (Wildman–Crippen MR) is 81.5 cm³/mol. The summed E-state index contributed by atoms with van der Waals surface area (Å²) in [6, 6.07) is 10.9. The number of nitrogens with one attached hydrogen (secondary N) is 1. The molecule has 3 heteroatoms. The molecular weight excluding hydrogens is 246 g/mol. The highest BCUT2D eigenvalue weighted by molar-refractivity contribution is 5.71. The number of aryl methyl sites for hydroxylation is 3. The lowest BCUT2D eigenvalue weighted by Crippen LogP contribution is -1.91. The van der Waals surface area contributed by atoms with E-state index >= 15 is 0 Å². The quantitative estimate of drug-likeness (QED) is 0.759. The maximum absolute atomic E-state index is 7.71. The Morgan fingerprint density at radius 2 is 1.85 bits per heavy atom. The zero-order valence-electron chi connectivity index (χ0n) is 14.4. The molecule has 2 heterocycles. The van der Waals surface area contributed by atoms with Crippen molar-refractivity contribution in [2.24, 2.45) is 0 Å². The summed E-state index contributed by atoms with van der Waals surface area (Å²) in [5.41, 5.74) is 5.34. The summed E-state index contributed by atoms with van der Waals surface area (Å²) in [4.78, 5) is 4.46. The Bertz CT molecular complexity index is 850. The van der Waals surface area contributed by atoms with Crippen molar-refractivity contribution < 1.29 is 4.11 Å². The van der Waals surface area contributed by atoms with Crippen LogP contribution in [0.2, 0.25) is 0 Å². The largest absolute Gasteiger partial charge is 0.282 e.